The molecule has 0 aliphatic carbocycles. The van der Waals surface area contributed by atoms with E-state index in [1.165, 1.54) is 0 Å². The Balaban J connectivity index is 2.52. The third-order valence-electron chi connectivity index (χ3n) is 1.73. The first kappa shape index (κ1) is 7.69. The van der Waals surface area contributed by atoms with Gasteiger partial charge in [0.15, 0.2) is 0 Å². The summed E-state index contributed by atoms with van der Waals surface area (Å²) in [7, 11) is 0. The highest BCUT2D eigenvalue weighted by atomic mass is 19.1. The second-order valence-corrected chi connectivity index (χ2v) is 2.47. The first-order chi connectivity index (χ1) is 4.77. The van der Waals surface area contributed by atoms with Crippen molar-refractivity contribution in [3.05, 3.63) is 11.9 Å². The molecule has 1 aliphatic heterocycles. The van der Waals surface area contributed by atoms with Crippen LogP contribution in [0.25, 0.3) is 0 Å². The SMILES string of the molecule is C[C@@H]1O[C@H](CO)C/C1=C\F. The summed E-state index contributed by atoms with van der Waals surface area (Å²) < 4.78 is 17.1. The molecule has 58 valence electrons. The predicted octanol–water partition coefficient (Wildman–Crippen LogP) is 1.01. The van der Waals surface area contributed by atoms with Crippen LogP contribution in [0.5, 0.6) is 0 Å². The van der Waals surface area contributed by atoms with Gasteiger partial charge in [-0.2, -0.15) is 0 Å². The van der Waals surface area contributed by atoms with Crippen LogP contribution in [-0.2, 0) is 4.74 Å². The molecule has 1 aliphatic rings. The lowest BCUT2D eigenvalue weighted by Crippen LogP contribution is -2.12. The van der Waals surface area contributed by atoms with Gasteiger partial charge in [0.2, 0.25) is 0 Å². The number of aliphatic hydroxyl groups is 1. The maximum atomic E-state index is 11.9. The van der Waals surface area contributed by atoms with E-state index in [-0.39, 0.29) is 18.8 Å². The van der Waals surface area contributed by atoms with Crippen LogP contribution in [0.4, 0.5) is 4.39 Å². The molecule has 0 amide bonds. The van der Waals surface area contributed by atoms with E-state index < -0.39 is 0 Å². The highest BCUT2D eigenvalue weighted by Gasteiger charge is 2.25. The fourth-order valence-corrected chi connectivity index (χ4v) is 1.09. The Hall–Kier alpha value is -0.410. The van der Waals surface area contributed by atoms with Crippen molar-refractivity contribution in [3.63, 3.8) is 0 Å². The summed E-state index contributed by atoms with van der Waals surface area (Å²) in [4.78, 5) is 0. The van der Waals surface area contributed by atoms with Crippen LogP contribution in [-0.4, -0.2) is 23.9 Å². The lowest BCUT2D eigenvalue weighted by molar-refractivity contribution is 0.0236. The predicted molar refractivity (Wildman–Crippen MR) is 35.2 cm³/mol. The van der Waals surface area contributed by atoms with Crippen molar-refractivity contribution >= 4 is 0 Å². The van der Waals surface area contributed by atoms with Crippen molar-refractivity contribution in [2.45, 2.75) is 25.6 Å². The zero-order valence-electron chi connectivity index (χ0n) is 5.88. The van der Waals surface area contributed by atoms with Gasteiger partial charge in [-0.15, -0.1) is 0 Å². The van der Waals surface area contributed by atoms with Gasteiger partial charge in [0, 0.05) is 6.42 Å². The number of ether oxygens (including phenoxy) is 1. The molecule has 0 radical (unpaired) electrons. The molecule has 0 aromatic rings. The first-order valence-corrected chi connectivity index (χ1v) is 3.33. The Labute approximate surface area is 59.3 Å². The Morgan fingerprint density at radius 2 is 2.60 bits per heavy atom. The minimum atomic E-state index is -0.197. The van der Waals surface area contributed by atoms with E-state index in [1.54, 1.807) is 6.92 Å². The molecule has 0 saturated carbocycles. The van der Waals surface area contributed by atoms with Crippen molar-refractivity contribution in [1.82, 2.24) is 0 Å². The lowest BCUT2D eigenvalue weighted by Gasteiger charge is -2.04. The molecule has 1 saturated heterocycles. The van der Waals surface area contributed by atoms with Gasteiger partial charge in [-0.25, -0.2) is 4.39 Å². The standard InChI is InChI=1S/C7H11FO2/c1-5-6(3-8)2-7(4-9)10-5/h3,5,7,9H,2,4H2,1H3/b6-3+/t5-,7-/m0/s1. The third-order valence-corrected chi connectivity index (χ3v) is 1.73. The quantitative estimate of drug-likeness (QED) is 0.598. The van der Waals surface area contributed by atoms with Crippen LogP contribution in [0, 0.1) is 0 Å². The molecule has 10 heavy (non-hydrogen) atoms. The molecule has 0 unspecified atom stereocenters. The minimum absolute atomic E-state index is 0.0261. The normalized spacial score (nSPS) is 37.3. The van der Waals surface area contributed by atoms with Crippen molar-refractivity contribution in [2.75, 3.05) is 6.61 Å². The van der Waals surface area contributed by atoms with Gasteiger partial charge in [0.25, 0.3) is 0 Å². The molecule has 2 atom stereocenters. The van der Waals surface area contributed by atoms with Gasteiger partial charge < -0.3 is 9.84 Å². The number of aliphatic hydroxyl groups excluding tert-OH is 1. The molecule has 1 rings (SSSR count). The van der Waals surface area contributed by atoms with Crippen molar-refractivity contribution in [1.29, 1.82) is 0 Å². The molecule has 1 fully saturated rings. The summed E-state index contributed by atoms with van der Waals surface area (Å²) >= 11 is 0. The third kappa shape index (κ3) is 1.36. The molecule has 0 spiro atoms. The second-order valence-electron chi connectivity index (χ2n) is 2.47. The van der Waals surface area contributed by atoms with E-state index >= 15 is 0 Å². The highest BCUT2D eigenvalue weighted by molar-refractivity contribution is 5.09. The smallest absolute Gasteiger partial charge is 0.0885 e. The van der Waals surface area contributed by atoms with E-state index in [0.717, 1.165) is 0 Å². The Morgan fingerprint density at radius 1 is 1.90 bits per heavy atom. The first-order valence-electron chi connectivity index (χ1n) is 3.33. The van der Waals surface area contributed by atoms with Gasteiger partial charge >= 0.3 is 0 Å². The van der Waals surface area contributed by atoms with Gasteiger partial charge in [-0.1, -0.05) is 0 Å². The number of hydrogen-bond acceptors (Lipinski definition) is 2. The zero-order chi connectivity index (χ0) is 7.56. The topological polar surface area (TPSA) is 29.5 Å². The summed E-state index contributed by atoms with van der Waals surface area (Å²) in [6.07, 6.45) is 0.730. The molecule has 0 aromatic carbocycles. The van der Waals surface area contributed by atoms with E-state index in [9.17, 15) is 4.39 Å². The van der Waals surface area contributed by atoms with E-state index in [2.05, 4.69) is 0 Å². The number of hydrogen-bond donors (Lipinski definition) is 1. The van der Waals surface area contributed by atoms with Crippen LogP contribution in [0.3, 0.4) is 0 Å². The van der Waals surface area contributed by atoms with Crippen molar-refractivity contribution in [3.8, 4) is 0 Å². The molecular formula is C7H11FO2. The fraction of sp³-hybridized carbons (Fsp3) is 0.714. The number of rotatable bonds is 1. The summed E-state index contributed by atoms with van der Waals surface area (Å²) in [6.45, 7) is 1.75. The maximum absolute atomic E-state index is 11.9. The fourth-order valence-electron chi connectivity index (χ4n) is 1.09. The van der Waals surface area contributed by atoms with Crippen LogP contribution in [0.1, 0.15) is 13.3 Å². The van der Waals surface area contributed by atoms with Crippen molar-refractivity contribution < 1.29 is 14.2 Å². The van der Waals surface area contributed by atoms with Crippen molar-refractivity contribution in [2.24, 2.45) is 0 Å². The largest absolute Gasteiger partial charge is 0.394 e. The number of halogens is 1. The van der Waals surface area contributed by atoms with Crippen LogP contribution >= 0.6 is 0 Å². The highest BCUT2D eigenvalue weighted by Crippen LogP contribution is 2.24. The molecule has 1 N–H and O–H groups in total. The van der Waals surface area contributed by atoms with Crippen LogP contribution < -0.4 is 0 Å². The molecule has 0 bridgehead atoms. The zero-order valence-corrected chi connectivity index (χ0v) is 5.88. The van der Waals surface area contributed by atoms with Gasteiger partial charge in [-0.05, 0) is 12.5 Å². The maximum Gasteiger partial charge on any atom is 0.0885 e. The average molecular weight is 146 g/mol. The van der Waals surface area contributed by atoms with Crippen LogP contribution in [0.2, 0.25) is 0 Å². The van der Waals surface area contributed by atoms with E-state index in [1.807, 2.05) is 0 Å². The monoisotopic (exact) mass is 146 g/mol. The summed E-state index contributed by atoms with van der Waals surface area (Å²) in [5.41, 5.74) is 0.638. The Morgan fingerprint density at radius 3 is 2.90 bits per heavy atom. The molecular weight excluding hydrogens is 135 g/mol. The van der Waals surface area contributed by atoms with E-state index in [0.29, 0.717) is 18.3 Å². The summed E-state index contributed by atoms with van der Waals surface area (Å²) in [5, 5.41) is 8.62. The van der Waals surface area contributed by atoms with Gasteiger partial charge in [0.1, 0.15) is 0 Å². The van der Waals surface area contributed by atoms with Gasteiger partial charge in [0.05, 0.1) is 25.1 Å². The molecule has 0 aromatic heterocycles. The van der Waals surface area contributed by atoms with Crippen LogP contribution in [0.15, 0.2) is 11.9 Å². The lowest BCUT2D eigenvalue weighted by atomic mass is 10.1. The summed E-state index contributed by atoms with van der Waals surface area (Å²) in [5.74, 6) is 0. The average Bonchev–Trinajstić information content (AvgIpc) is 2.30. The Bertz CT molecular complexity index is 145. The molecule has 3 heteroatoms. The van der Waals surface area contributed by atoms with Gasteiger partial charge in [-0.3, -0.25) is 0 Å². The van der Waals surface area contributed by atoms with E-state index in [4.69, 9.17) is 9.84 Å². The minimum Gasteiger partial charge on any atom is -0.394 e. The summed E-state index contributed by atoms with van der Waals surface area (Å²) in [6, 6.07) is 0. The second kappa shape index (κ2) is 3.12. The molecule has 1 heterocycles. The molecule has 2 nitrogen and oxygen atoms in total. The Kier molecular flexibility index (Phi) is 2.40.